The first-order chi connectivity index (χ1) is 8.85. The van der Waals surface area contributed by atoms with E-state index >= 15 is 0 Å². The molecule has 2 aliphatic rings. The number of nitrogens with zero attached hydrogens (tertiary/aromatic N) is 3. The molecule has 1 aliphatic heterocycles. The van der Waals surface area contributed by atoms with Gasteiger partial charge in [0.05, 0.1) is 18.0 Å². The van der Waals surface area contributed by atoms with Crippen LogP contribution in [0.4, 0.5) is 5.82 Å². The van der Waals surface area contributed by atoms with Gasteiger partial charge in [-0.2, -0.15) is 0 Å². The molecule has 3 rings (SSSR count). The molecule has 2 heterocycles. The van der Waals surface area contributed by atoms with Crippen LogP contribution < -0.4 is 10.2 Å². The molecule has 1 unspecified atom stereocenters. The second kappa shape index (κ2) is 5.20. The van der Waals surface area contributed by atoms with E-state index < -0.39 is 0 Å². The number of hydrogen-bond donors (Lipinski definition) is 1. The molecule has 0 spiro atoms. The van der Waals surface area contributed by atoms with Crippen LogP contribution in [0.2, 0.25) is 0 Å². The quantitative estimate of drug-likeness (QED) is 0.841. The minimum absolute atomic E-state index is 0.333. The summed E-state index contributed by atoms with van der Waals surface area (Å²) >= 11 is 0. The standard InChI is InChI=1S/C13H20N4O/c1-18-12-4-5-17(9-12)13-8-14-6-11(16-13)7-15-10-2-3-10/h6,8,10,12,15H,2-5,7,9H2,1H3. The summed E-state index contributed by atoms with van der Waals surface area (Å²) in [7, 11) is 1.77. The van der Waals surface area contributed by atoms with Crippen molar-refractivity contribution < 1.29 is 4.74 Å². The third-order valence-corrected chi connectivity index (χ3v) is 3.62. The number of rotatable bonds is 5. The fourth-order valence-electron chi connectivity index (χ4n) is 2.30. The largest absolute Gasteiger partial charge is 0.380 e. The van der Waals surface area contributed by atoms with Crippen molar-refractivity contribution in [2.75, 3.05) is 25.1 Å². The van der Waals surface area contributed by atoms with Gasteiger partial charge in [0.15, 0.2) is 0 Å². The van der Waals surface area contributed by atoms with Gasteiger partial charge in [-0.15, -0.1) is 0 Å². The number of aromatic nitrogens is 2. The van der Waals surface area contributed by atoms with Gasteiger partial charge in [0.2, 0.25) is 0 Å². The van der Waals surface area contributed by atoms with Crippen molar-refractivity contribution in [3.8, 4) is 0 Å². The van der Waals surface area contributed by atoms with Gasteiger partial charge in [0.1, 0.15) is 5.82 Å². The van der Waals surface area contributed by atoms with Crippen LogP contribution in [0.5, 0.6) is 0 Å². The van der Waals surface area contributed by atoms with Crippen LogP contribution in [0.25, 0.3) is 0 Å². The van der Waals surface area contributed by atoms with E-state index in [1.165, 1.54) is 12.8 Å². The fourth-order valence-corrected chi connectivity index (χ4v) is 2.30. The predicted molar refractivity (Wildman–Crippen MR) is 69.5 cm³/mol. The summed E-state index contributed by atoms with van der Waals surface area (Å²) in [5.41, 5.74) is 1.03. The van der Waals surface area contributed by atoms with Crippen molar-refractivity contribution in [1.29, 1.82) is 0 Å². The lowest BCUT2D eigenvalue weighted by Crippen LogP contribution is -2.24. The number of ether oxygens (including phenoxy) is 1. The van der Waals surface area contributed by atoms with Crippen molar-refractivity contribution in [1.82, 2.24) is 15.3 Å². The highest BCUT2D eigenvalue weighted by Crippen LogP contribution is 2.20. The Morgan fingerprint density at radius 2 is 2.28 bits per heavy atom. The molecule has 2 fully saturated rings. The zero-order valence-electron chi connectivity index (χ0n) is 10.8. The molecule has 0 amide bonds. The monoisotopic (exact) mass is 248 g/mol. The lowest BCUT2D eigenvalue weighted by Gasteiger charge is -2.17. The highest BCUT2D eigenvalue weighted by Gasteiger charge is 2.24. The molecule has 18 heavy (non-hydrogen) atoms. The van der Waals surface area contributed by atoms with Gasteiger partial charge < -0.3 is 15.0 Å². The molecule has 1 aliphatic carbocycles. The fraction of sp³-hybridized carbons (Fsp3) is 0.692. The molecule has 0 radical (unpaired) electrons. The first kappa shape index (κ1) is 11.9. The van der Waals surface area contributed by atoms with Crippen molar-refractivity contribution in [2.45, 2.75) is 38.0 Å². The molecule has 1 aromatic rings. The Hall–Kier alpha value is -1.20. The van der Waals surface area contributed by atoms with E-state index in [0.29, 0.717) is 12.1 Å². The van der Waals surface area contributed by atoms with Crippen LogP contribution in [0.15, 0.2) is 12.4 Å². The van der Waals surface area contributed by atoms with E-state index in [1.54, 1.807) is 7.11 Å². The third kappa shape index (κ3) is 2.79. The average molecular weight is 248 g/mol. The Morgan fingerprint density at radius 3 is 3.00 bits per heavy atom. The van der Waals surface area contributed by atoms with Crippen LogP contribution in [-0.2, 0) is 11.3 Å². The summed E-state index contributed by atoms with van der Waals surface area (Å²) < 4.78 is 5.38. The zero-order valence-corrected chi connectivity index (χ0v) is 10.8. The maximum Gasteiger partial charge on any atom is 0.147 e. The van der Waals surface area contributed by atoms with Gasteiger partial charge in [-0.05, 0) is 19.3 Å². The first-order valence-electron chi connectivity index (χ1n) is 6.67. The SMILES string of the molecule is COC1CCN(c2cncc(CNC3CC3)n2)C1. The molecule has 5 heteroatoms. The van der Waals surface area contributed by atoms with Gasteiger partial charge in [-0.25, -0.2) is 4.98 Å². The Labute approximate surface area is 108 Å². The Bertz CT molecular complexity index is 408. The Kier molecular flexibility index (Phi) is 3.43. The normalized spacial score (nSPS) is 23.6. The van der Waals surface area contributed by atoms with Crippen LogP contribution in [0.3, 0.4) is 0 Å². The second-order valence-electron chi connectivity index (χ2n) is 5.12. The van der Waals surface area contributed by atoms with Crippen LogP contribution in [0, 0.1) is 0 Å². The summed E-state index contributed by atoms with van der Waals surface area (Å²) in [6.07, 6.45) is 7.70. The highest BCUT2D eigenvalue weighted by atomic mass is 16.5. The van der Waals surface area contributed by atoms with Gasteiger partial charge >= 0.3 is 0 Å². The lowest BCUT2D eigenvalue weighted by atomic mass is 10.3. The molecular weight excluding hydrogens is 228 g/mol. The molecule has 1 saturated heterocycles. The minimum Gasteiger partial charge on any atom is -0.380 e. The van der Waals surface area contributed by atoms with Crippen LogP contribution >= 0.6 is 0 Å². The molecular formula is C13H20N4O. The predicted octanol–water partition coefficient (Wildman–Crippen LogP) is 0.954. The van der Waals surface area contributed by atoms with Gasteiger partial charge in [-0.3, -0.25) is 4.98 Å². The van der Waals surface area contributed by atoms with Crippen molar-refractivity contribution in [3.63, 3.8) is 0 Å². The number of hydrogen-bond acceptors (Lipinski definition) is 5. The van der Waals surface area contributed by atoms with Crippen LogP contribution in [0.1, 0.15) is 25.0 Å². The molecule has 98 valence electrons. The van der Waals surface area contributed by atoms with Gasteiger partial charge in [0.25, 0.3) is 0 Å². The summed E-state index contributed by atoms with van der Waals surface area (Å²) in [4.78, 5) is 11.2. The number of methoxy groups -OCH3 is 1. The maximum absolute atomic E-state index is 5.38. The maximum atomic E-state index is 5.38. The van der Waals surface area contributed by atoms with Crippen molar-refractivity contribution in [2.24, 2.45) is 0 Å². The van der Waals surface area contributed by atoms with Crippen LogP contribution in [-0.4, -0.2) is 42.3 Å². The van der Waals surface area contributed by atoms with E-state index in [2.05, 4.69) is 20.2 Å². The molecule has 0 aromatic carbocycles. The minimum atomic E-state index is 0.333. The molecule has 5 nitrogen and oxygen atoms in total. The molecule has 1 aromatic heterocycles. The van der Waals surface area contributed by atoms with E-state index in [-0.39, 0.29) is 0 Å². The van der Waals surface area contributed by atoms with E-state index in [4.69, 9.17) is 4.74 Å². The average Bonchev–Trinajstić information content (AvgIpc) is 3.12. The van der Waals surface area contributed by atoms with Gasteiger partial charge in [0, 0.05) is 39.0 Å². The van der Waals surface area contributed by atoms with Crippen molar-refractivity contribution in [3.05, 3.63) is 18.1 Å². The number of nitrogens with one attached hydrogen (secondary N) is 1. The number of anilines is 1. The Balaban J connectivity index is 1.62. The third-order valence-electron chi connectivity index (χ3n) is 3.62. The smallest absolute Gasteiger partial charge is 0.147 e. The second-order valence-corrected chi connectivity index (χ2v) is 5.12. The Morgan fingerprint density at radius 1 is 1.39 bits per heavy atom. The lowest BCUT2D eigenvalue weighted by molar-refractivity contribution is 0.121. The summed E-state index contributed by atoms with van der Waals surface area (Å²) in [5.74, 6) is 0.977. The molecule has 1 N–H and O–H groups in total. The topological polar surface area (TPSA) is 50.3 Å². The highest BCUT2D eigenvalue weighted by molar-refractivity contribution is 5.38. The van der Waals surface area contributed by atoms with Gasteiger partial charge in [-0.1, -0.05) is 0 Å². The summed E-state index contributed by atoms with van der Waals surface area (Å²) in [6.45, 7) is 2.75. The van der Waals surface area contributed by atoms with E-state index in [1.807, 2.05) is 12.4 Å². The zero-order chi connectivity index (χ0) is 12.4. The molecule has 0 bridgehead atoms. The first-order valence-corrected chi connectivity index (χ1v) is 6.67. The molecule has 1 atom stereocenters. The summed E-state index contributed by atoms with van der Waals surface area (Å²) in [5, 5.41) is 3.46. The van der Waals surface area contributed by atoms with Crippen molar-refractivity contribution >= 4 is 5.82 Å². The van der Waals surface area contributed by atoms with E-state index in [9.17, 15) is 0 Å². The molecule has 1 saturated carbocycles. The van der Waals surface area contributed by atoms with E-state index in [0.717, 1.165) is 37.6 Å². The summed E-state index contributed by atoms with van der Waals surface area (Å²) in [6, 6.07) is 0.708.